The largest absolute Gasteiger partial charge is 0.457 e. The van der Waals surface area contributed by atoms with Gasteiger partial charge in [-0.2, -0.15) is 0 Å². The van der Waals surface area contributed by atoms with Crippen LogP contribution in [0.4, 0.5) is 0 Å². The second-order valence-electron chi connectivity index (χ2n) is 7.33. The highest BCUT2D eigenvalue weighted by atomic mass is 32.2. The van der Waals surface area contributed by atoms with Gasteiger partial charge in [0.1, 0.15) is 17.3 Å². The number of aryl methyl sites for hydroxylation is 2. The van der Waals surface area contributed by atoms with Crippen molar-refractivity contribution in [2.24, 2.45) is 0 Å². The molecule has 5 nitrogen and oxygen atoms in total. The summed E-state index contributed by atoms with van der Waals surface area (Å²) in [6.45, 7) is 4.25. The van der Waals surface area contributed by atoms with Crippen LogP contribution in [0.5, 0.6) is 11.5 Å². The summed E-state index contributed by atoms with van der Waals surface area (Å²) in [6.07, 6.45) is 0. The Labute approximate surface area is 191 Å². The van der Waals surface area contributed by atoms with Gasteiger partial charge < -0.3 is 14.6 Å². The van der Waals surface area contributed by atoms with Crippen molar-refractivity contribution in [2.75, 3.05) is 0 Å². The zero-order valence-corrected chi connectivity index (χ0v) is 18.8. The number of amides is 1. The maximum Gasteiger partial charge on any atom is 0.252 e. The van der Waals surface area contributed by atoms with Crippen LogP contribution >= 0.6 is 11.8 Å². The molecule has 1 N–H and O–H groups in total. The van der Waals surface area contributed by atoms with Crippen molar-refractivity contribution in [3.8, 4) is 11.5 Å². The second kappa shape index (κ2) is 10.2. The van der Waals surface area contributed by atoms with Gasteiger partial charge in [0.15, 0.2) is 0 Å². The maximum absolute atomic E-state index is 12.9. The number of aromatic nitrogens is 1. The van der Waals surface area contributed by atoms with Crippen molar-refractivity contribution in [1.29, 1.82) is 0 Å². The van der Waals surface area contributed by atoms with Gasteiger partial charge in [-0.1, -0.05) is 47.6 Å². The van der Waals surface area contributed by atoms with Crippen LogP contribution in [0, 0.1) is 13.8 Å². The fourth-order valence-corrected chi connectivity index (χ4v) is 4.46. The molecule has 1 heterocycles. The van der Waals surface area contributed by atoms with Crippen LogP contribution in [0.25, 0.3) is 0 Å². The van der Waals surface area contributed by atoms with E-state index in [1.807, 2.05) is 92.7 Å². The Balaban J connectivity index is 1.40. The zero-order valence-electron chi connectivity index (χ0n) is 18.0. The van der Waals surface area contributed by atoms with Crippen molar-refractivity contribution >= 4 is 17.7 Å². The summed E-state index contributed by atoms with van der Waals surface area (Å²) < 4.78 is 11.1. The third-order valence-corrected chi connectivity index (χ3v) is 6.12. The molecule has 0 saturated carbocycles. The molecule has 0 atom stereocenters. The molecule has 162 valence electrons. The first-order chi connectivity index (χ1) is 15.6. The van der Waals surface area contributed by atoms with Gasteiger partial charge in [-0.15, -0.1) is 11.8 Å². The summed E-state index contributed by atoms with van der Waals surface area (Å²) in [5, 5.41) is 7.03. The van der Waals surface area contributed by atoms with E-state index in [0.29, 0.717) is 17.9 Å². The molecule has 0 aliphatic carbocycles. The zero-order chi connectivity index (χ0) is 22.3. The fourth-order valence-electron chi connectivity index (χ4n) is 3.26. The summed E-state index contributed by atoms with van der Waals surface area (Å²) in [7, 11) is 0. The number of rotatable bonds is 8. The van der Waals surface area contributed by atoms with Gasteiger partial charge in [0.05, 0.1) is 11.3 Å². The van der Waals surface area contributed by atoms with E-state index < -0.39 is 0 Å². The van der Waals surface area contributed by atoms with Crippen molar-refractivity contribution in [3.63, 3.8) is 0 Å². The highest BCUT2D eigenvalue weighted by Crippen LogP contribution is 2.29. The average molecular weight is 445 g/mol. The number of benzene rings is 3. The number of nitrogens with one attached hydrogen (secondary N) is 1. The van der Waals surface area contributed by atoms with Gasteiger partial charge in [0.25, 0.3) is 5.91 Å². The molecular formula is C26H24N2O3S. The number of carbonyl (C=O) groups excluding carboxylic acids is 1. The van der Waals surface area contributed by atoms with Crippen molar-refractivity contribution in [2.45, 2.75) is 31.0 Å². The van der Waals surface area contributed by atoms with Crippen LogP contribution in [0.3, 0.4) is 0 Å². The molecule has 1 amide bonds. The lowest BCUT2D eigenvalue weighted by atomic mass is 10.2. The van der Waals surface area contributed by atoms with Gasteiger partial charge in [0, 0.05) is 22.8 Å². The van der Waals surface area contributed by atoms with Gasteiger partial charge in [-0.25, -0.2) is 0 Å². The SMILES string of the molecule is Cc1noc(C)c1CSc1ccccc1C(=O)NCc1cccc(Oc2ccccc2)c1. The minimum absolute atomic E-state index is 0.110. The third kappa shape index (κ3) is 5.39. The number of para-hydroxylation sites is 1. The Morgan fingerprint density at radius 1 is 0.969 bits per heavy atom. The monoisotopic (exact) mass is 444 g/mol. The number of carbonyl (C=O) groups is 1. The molecule has 0 aliphatic rings. The van der Waals surface area contributed by atoms with Crippen LogP contribution in [-0.4, -0.2) is 11.1 Å². The smallest absolute Gasteiger partial charge is 0.252 e. The summed E-state index contributed by atoms with van der Waals surface area (Å²) >= 11 is 1.61. The van der Waals surface area contributed by atoms with E-state index in [0.717, 1.165) is 39.0 Å². The van der Waals surface area contributed by atoms with Crippen LogP contribution in [0.1, 0.15) is 32.9 Å². The van der Waals surface area contributed by atoms with Crippen molar-refractivity contribution in [1.82, 2.24) is 10.5 Å². The van der Waals surface area contributed by atoms with Gasteiger partial charge in [-0.05, 0) is 55.8 Å². The molecule has 1 aromatic heterocycles. The quantitative estimate of drug-likeness (QED) is 0.323. The number of hydrogen-bond acceptors (Lipinski definition) is 5. The molecule has 4 aromatic rings. The van der Waals surface area contributed by atoms with E-state index in [-0.39, 0.29) is 5.91 Å². The molecule has 0 spiro atoms. The van der Waals surface area contributed by atoms with Crippen LogP contribution in [-0.2, 0) is 12.3 Å². The Bertz CT molecular complexity index is 1190. The number of thioether (sulfide) groups is 1. The predicted octanol–water partition coefficient (Wildman–Crippen LogP) is 6.31. The second-order valence-corrected chi connectivity index (χ2v) is 8.35. The van der Waals surface area contributed by atoms with Crippen LogP contribution in [0.2, 0.25) is 0 Å². The first-order valence-corrected chi connectivity index (χ1v) is 11.3. The Kier molecular flexibility index (Phi) is 6.92. The fraction of sp³-hybridized carbons (Fsp3) is 0.154. The topological polar surface area (TPSA) is 64.4 Å². The normalized spacial score (nSPS) is 10.7. The minimum atomic E-state index is -0.110. The van der Waals surface area contributed by atoms with Gasteiger partial charge in [-0.3, -0.25) is 4.79 Å². The summed E-state index contributed by atoms with van der Waals surface area (Å²) in [4.78, 5) is 13.8. The lowest BCUT2D eigenvalue weighted by Gasteiger charge is -2.11. The first kappa shape index (κ1) is 21.7. The number of nitrogens with zero attached hydrogens (tertiary/aromatic N) is 1. The lowest BCUT2D eigenvalue weighted by molar-refractivity contribution is 0.0948. The van der Waals surface area contributed by atoms with E-state index >= 15 is 0 Å². The molecule has 0 saturated heterocycles. The van der Waals surface area contributed by atoms with E-state index in [9.17, 15) is 4.79 Å². The minimum Gasteiger partial charge on any atom is -0.457 e. The Morgan fingerprint density at radius 3 is 2.50 bits per heavy atom. The van der Waals surface area contributed by atoms with E-state index in [1.54, 1.807) is 11.8 Å². The highest BCUT2D eigenvalue weighted by molar-refractivity contribution is 7.98. The summed E-state index contributed by atoms with van der Waals surface area (Å²) in [5.41, 5.74) is 3.57. The molecule has 32 heavy (non-hydrogen) atoms. The molecule has 3 aromatic carbocycles. The Hall–Kier alpha value is -3.51. The van der Waals surface area contributed by atoms with E-state index in [4.69, 9.17) is 9.26 Å². The standard InChI is InChI=1S/C26H24N2O3S/c1-18-24(19(2)31-28-18)17-32-25-14-7-6-13-23(25)26(29)27-16-20-9-8-12-22(15-20)30-21-10-4-3-5-11-21/h3-15H,16-17H2,1-2H3,(H,27,29). The summed E-state index contributed by atoms with van der Waals surface area (Å²) in [6, 6.07) is 25.0. The maximum atomic E-state index is 12.9. The number of ether oxygens (including phenoxy) is 1. The number of hydrogen-bond donors (Lipinski definition) is 1. The Morgan fingerprint density at radius 2 is 1.72 bits per heavy atom. The van der Waals surface area contributed by atoms with E-state index in [1.165, 1.54) is 0 Å². The van der Waals surface area contributed by atoms with Crippen LogP contribution < -0.4 is 10.1 Å². The van der Waals surface area contributed by atoms with Crippen molar-refractivity contribution < 1.29 is 14.1 Å². The predicted molar refractivity (Wildman–Crippen MR) is 126 cm³/mol. The molecule has 0 bridgehead atoms. The van der Waals surface area contributed by atoms with Crippen molar-refractivity contribution in [3.05, 3.63) is 107 Å². The molecule has 0 fully saturated rings. The molecule has 6 heteroatoms. The molecule has 0 radical (unpaired) electrons. The molecular weight excluding hydrogens is 420 g/mol. The molecule has 4 rings (SSSR count). The van der Waals surface area contributed by atoms with Gasteiger partial charge >= 0.3 is 0 Å². The highest BCUT2D eigenvalue weighted by Gasteiger charge is 2.14. The van der Waals surface area contributed by atoms with Gasteiger partial charge in [0.2, 0.25) is 0 Å². The first-order valence-electron chi connectivity index (χ1n) is 10.3. The third-order valence-electron chi connectivity index (χ3n) is 5.02. The molecule has 0 unspecified atom stereocenters. The van der Waals surface area contributed by atoms with E-state index in [2.05, 4.69) is 10.5 Å². The average Bonchev–Trinajstić information content (AvgIpc) is 3.14. The van der Waals surface area contributed by atoms with Crippen LogP contribution in [0.15, 0.2) is 88.3 Å². The molecule has 0 aliphatic heterocycles. The lowest BCUT2D eigenvalue weighted by Crippen LogP contribution is -2.23. The summed E-state index contributed by atoms with van der Waals surface area (Å²) in [5.74, 6) is 2.91.